The van der Waals surface area contributed by atoms with Crippen molar-refractivity contribution >= 4 is 0 Å². The van der Waals surface area contributed by atoms with Crippen molar-refractivity contribution in [2.24, 2.45) is 5.73 Å². The Bertz CT molecular complexity index is 302. The number of hydrogen-bond acceptors (Lipinski definition) is 2. The second-order valence-corrected chi connectivity index (χ2v) is 2.64. The van der Waals surface area contributed by atoms with Crippen LogP contribution in [0.25, 0.3) is 0 Å². The molecule has 0 aliphatic rings. The highest BCUT2D eigenvalue weighted by Crippen LogP contribution is 2.23. The molecule has 0 bridgehead atoms. The van der Waals surface area contributed by atoms with Crippen LogP contribution in [0.4, 0.5) is 8.78 Å². The van der Waals surface area contributed by atoms with Crippen molar-refractivity contribution in [3.63, 3.8) is 0 Å². The van der Waals surface area contributed by atoms with Gasteiger partial charge in [-0.1, -0.05) is 6.07 Å². The van der Waals surface area contributed by atoms with Crippen molar-refractivity contribution in [2.75, 3.05) is 13.2 Å². The molecule has 2 N–H and O–H groups in total. The van der Waals surface area contributed by atoms with Crippen LogP contribution in [0.1, 0.15) is 5.56 Å². The van der Waals surface area contributed by atoms with Gasteiger partial charge < -0.3 is 10.5 Å². The lowest BCUT2D eigenvalue weighted by Gasteiger charge is -2.08. The molecule has 13 heavy (non-hydrogen) atoms. The lowest BCUT2D eigenvalue weighted by Crippen LogP contribution is -2.12. The maximum absolute atomic E-state index is 13.2. The molecule has 0 amide bonds. The first-order chi connectivity index (χ1) is 6.16. The zero-order valence-electron chi connectivity index (χ0n) is 7.31. The number of hydrogen-bond donors (Lipinski definition) is 1. The molecule has 0 spiro atoms. The summed E-state index contributed by atoms with van der Waals surface area (Å²) < 4.78 is 31.0. The molecule has 2 nitrogen and oxygen atoms in total. The lowest BCUT2D eigenvalue weighted by molar-refractivity contribution is 0.293. The molecule has 0 aromatic heterocycles. The van der Waals surface area contributed by atoms with E-state index in [4.69, 9.17) is 10.5 Å². The number of benzene rings is 1. The molecule has 0 saturated carbocycles. The van der Waals surface area contributed by atoms with E-state index < -0.39 is 11.6 Å². The first-order valence-corrected chi connectivity index (χ1v) is 3.94. The van der Waals surface area contributed by atoms with E-state index in [0.29, 0.717) is 5.56 Å². The van der Waals surface area contributed by atoms with Gasteiger partial charge in [0.05, 0.1) is 0 Å². The first kappa shape index (κ1) is 9.92. The van der Waals surface area contributed by atoms with Crippen molar-refractivity contribution in [1.29, 1.82) is 0 Å². The van der Waals surface area contributed by atoms with E-state index in [2.05, 4.69) is 0 Å². The van der Waals surface area contributed by atoms with Gasteiger partial charge in [-0.15, -0.1) is 0 Å². The maximum atomic E-state index is 13.2. The highest BCUT2D eigenvalue weighted by molar-refractivity contribution is 5.31. The summed E-state index contributed by atoms with van der Waals surface area (Å²) >= 11 is 0. The van der Waals surface area contributed by atoms with Gasteiger partial charge in [0.15, 0.2) is 17.4 Å². The number of ether oxygens (including phenoxy) is 1. The van der Waals surface area contributed by atoms with Gasteiger partial charge in [-0.25, -0.2) is 8.78 Å². The standard InChI is InChI=1S/C9H11F2NO/c1-6-2-3-7(10)9(8(6)11)13-5-4-12/h2-3H,4-5,12H2,1H3. The number of nitrogens with two attached hydrogens (primary N) is 1. The average molecular weight is 187 g/mol. The van der Waals surface area contributed by atoms with Crippen molar-refractivity contribution in [1.82, 2.24) is 0 Å². The summed E-state index contributed by atoms with van der Waals surface area (Å²) in [6, 6.07) is 2.53. The Morgan fingerprint density at radius 3 is 2.69 bits per heavy atom. The third-order valence-corrected chi connectivity index (χ3v) is 1.61. The molecular weight excluding hydrogens is 176 g/mol. The molecule has 0 unspecified atom stereocenters. The van der Waals surface area contributed by atoms with E-state index in [-0.39, 0.29) is 18.9 Å². The fourth-order valence-corrected chi connectivity index (χ4v) is 0.924. The van der Waals surface area contributed by atoms with Crippen molar-refractivity contribution in [3.8, 4) is 5.75 Å². The van der Waals surface area contributed by atoms with Gasteiger partial charge in [0.25, 0.3) is 0 Å². The third-order valence-electron chi connectivity index (χ3n) is 1.61. The zero-order chi connectivity index (χ0) is 9.84. The quantitative estimate of drug-likeness (QED) is 0.780. The molecule has 0 heterocycles. The molecule has 4 heteroatoms. The zero-order valence-corrected chi connectivity index (χ0v) is 7.31. The molecular formula is C9H11F2NO. The highest BCUT2D eigenvalue weighted by atomic mass is 19.1. The van der Waals surface area contributed by atoms with Crippen LogP contribution in [0.5, 0.6) is 5.75 Å². The molecule has 1 rings (SSSR count). The van der Waals surface area contributed by atoms with E-state index in [0.717, 1.165) is 0 Å². The summed E-state index contributed by atoms with van der Waals surface area (Å²) in [4.78, 5) is 0. The van der Waals surface area contributed by atoms with Crippen LogP contribution in [0.3, 0.4) is 0 Å². The molecule has 1 aromatic carbocycles. The Morgan fingerprint density at radius 2 is 2.08 bits per heavy atom. The summed E-state index contributed by atoms with van der Waals surface area (Å²) in [7, 11) is 0. The summed E-state index contributed by atoms with van der Waals surface area (Å²) in [5.41, 5.74) is 5.50. The Hall–Kier alpha value is -1.16. The monoisotopic (exact) mass is 187 g/mol. The van der Waals surface area contributed by atoms with Crippen LogP contribution >= 0.6 is 0 Å². The molecule has 1 aromatic rings. The Kier molecular flexibility index (Phi) is 3.19. The van der Waals surface area contributed by atoms with Crippen molar-refractivity contribution in [2.45, 2.75) is 6.92 Å². The van der Waals surface area contributed by atoms with Gasteiger partial charge in [-0.2, -0.15) is 0 Å². The van der Waals surface area contributed by atoms with E-state index in [1.54, 1.807) is 6.92 Å². The second-order valence-electron chi connectivity index (χ2n) is 2.64. The molecule has 0 saturated heterocycles. The van der Waals surface area contributed by atoms with Gasteiger partial charge in [0.1, 0.15) is 6.61 Å². The van der Waals surface area contributed by atoms with Crippen LogP contribution in [-0.2, 0) is 0 Å². The van der Waals surface area contributed by atoms with E-state index in [1.165, 1.54) is 12.1 Å². The number of halogens is 2. The lowest BCUT2D eigenvalue weighted by atomic mass is 10.2. The van der Waals surface area contributed by atoms with E-state index in [1.807, 2.05) is 0 Å². The Morgan fingerprint density at radius 1 is 1.38 bits per heavy atom. The maximum Gasteiger partial charge on any atom is 0.191 e. The van der Waals surface area contributed by atoms with Crippen LogP contribution in [-0.4, -0.2) is 13.2 Å². The van der Waals surface area contributed by atoms with Crippen LogP contribution in [0, 0.1) is 18.6 Å². The number of aryl methyl sites for hydroxylation is 1. The summed E-state index contributed by atoms with van der Waals surface area (Å²) in [5, 5.41) is 0. The Balaban J connectivity index is 2.96. The van der Waals surface area contributed by atoms with Crippen molar-refractivity contribution in [3.05, 3.63) is 29.3 Å². The van der Waals surface area contributed by atoms with Gasteiger partial charge in [-0.05, 0) is 18.6 Å². The average Bonchev–Trinajstić information content (AvgIpc) is 2.12. The summed E-state index contributed by atoms with van der Waals surface area (Å²) in [6.07, 6.45) is 0. The fraction of sp³-hybridized carbons (Fsp3) is 0.333. The van der Waals surface area contributed by atoms with Gasteiger partial charge >= 0.3 is 0 Å². The summed E-state index contributed by atoms with van der Waals surface area (Å²) in [5.74, 6) is -1.70. The smallest absolute Gasteiger partial charge is 0.191 e. The van der Waals surface area contributed by atoms with E-state index in [9.17, 15) is 8.78 Å². The summed E-state index contributed by atoms with van der Waals surface area (Å²) in [6.45, 7) is 1.88. The topological polar surface area (TPSA) is 35.2 Å². The van der Waals surface area contributed by atoms with Gasteiger partial charge in [-0.3, -0.25) is 0 Å². The fourth-order valence-electron chi connectivity index (χ4n) is 0.924. The minimum Gasteiger partial charge on any atom is -0.486 e. The SMILES string of the molecule is Cc1ccc(F)c(OCCN)c1F. The molecule has 0 radical (unpaired) electrons. The third kappa shape index (κ3) is 2.15. The molecule has 0 fully saturated rings. The predicted molar refractivity (Wildman–Crippen MR) is 45.6 cm³/mol. The number of rotatable bonds is 3. The minimum atomic E-state index is -0.698. The first-order valence-electron chi connectivity index (χ1n) is 3.94. The molecule has 0 aliphatic carbocycles. The van der Waals surface area contributed by atoms with Crippen molar-refractivity contribution < 1.29 is 13.5 Å². The van der Waals surface area contributed by atoms with Crippen LogP contribution < -0.4 is 10.5 Å². The van der Waals surface area contributed by atoms with Gasteiger partial charge in [0, 0.05) is 6.54 Å². The second kappa shape index (κ2) is 4.18. The van der Waals surface area contributed by atoms with Gasteiger partial charge in [0.2, 0.25) is 0 Å². The largest absolute Gasteiger partial charge is 0.486 e. The minimum absolute atomic E-state index is 0.108. The molecule has 0 aliphatic heterocycles. The normalized spacial score (nSPS) is 10.2. The van der Waals surface area contributed by atoms with E-state index >= 15 is 0 Å². The van der Waals surface area contributed by atoms with Crippen LogP contribution in [0.15, 0.2) is 12.1 Å². The predicted octanol–water partition coefficient (Wildman–Crippen LogP) is 1.61. The highest BCUT2D eigenvalue weighted by Gasteiger charge is 2.11. The Labute approximate surface area is 75.3 Å². The van der Waals surface area contributed by atoms with Crippen LogP contribution in [0.2, 0.25) is 0 Å². The molecule has 0 atom stereocenters. The molecule has 72 valence electrons.